The quantitative estimate of drug-likeness (QED) is 0.307. The molecule has 0 aliphatic carbocycles. The third-order valence-electron chi connectivity index (χ3n) is 6.66. The minimum Gasteiger partial charge on any atom is -0.372 e. The normalized spacial score (nSPS) is 17.5. The first-order chi connectivity index (χ1) is 19.9. The van der Waals surface area contributed by atoms with Crippen LogP contribution in [0, 0.1) is 5.82 Å². The van der Waals surface area contributed by atoms with E-state index in [9.17, 15) is 22.0 Å². The van der Waals surface area contributed by atoms with Crippen molar-refractivity contribution in [3.05, 3.63) is 77.1 Å². The van der Waals surface area contributed by atoms with Gasteiger partial charge in [-0.2, -0.15) is 8.78 Å². The fourth-order valence-electron chi connectivity index (χ4n) is 4.75. The van der Waals surface area contributed by atoms with Gasteiger partial charge in [0.2, 0.25) is 9.84 Å². The van der Waals surface area contributed by atoms with Gasteiger partial charge < -0.3 is 15.0 Å². The largest absolute Gasteiger partial charge is 0.372 e. The minimum atomic E-state index is -4.96. The van der Waals surface area contributed by atoms with Crippen LogP contribution in [0.3, 0.4) is 0 Å². The lowest BCUT2D eigenvalue weighted by molar-refractivity contribution is -0.00547. The summed E-state index contributed by atoms with van der Waals surface area (Å²) in [6, 6.07) is 7.58. The predicted octanol–water partition coefficient (Wildman–Crippen LogP) is 5.02. The maximum atomic E-state index is 15.8. The molecule has 42 heavy (non-hydrogen) atoms. The van der Waals surface area contributed by atoms with Crippen molar-refractivity contribution in [2.45, 2.75) is 43.3 Å². The van der Waals surface area contributed by atoms with Gasteiger partial charge in [0.15, 0.2) is 0 Å². The first-order valence-electron chi connectivity index (χ1n) is 12.8. The number of pyridine rings is 1. The van der Waals surface area contributed by atoms with Crippen molar-refractivity contribution in [1.29, 1.82) is 0 Å². The van der Waals surface area contributed by atoms with E-state index in [-0.39, 0.29) is 40.3 Å². The molecule has 1 aliphatic heterocycles. The summed E-state index contributed by atoms with van der Waals surface area (Å²) in [5.41, 5.74) is 0.643. The number of nitrogens with one attached hydrogen (secondary N) is 1. The van der Waals surface area contributed by atoms with E-state index in [1.165, 1.54) is 18.5 Å². The number of carbonyl (C=O) groups excluding carboxylic acids is 1. The van der Waals surface area contributed by atoms with Crippen molar-refractivity contribution in [2.24, 2.45) is 0 Å². The topological polar surface area (TPSA) is 114 Å². The number of hydrogen-bond acceptors (Lipinski definition) is 8. The van der Waals surface area contributed by atoms with Crippen LogP contribution < -0.4 is 10.2 Å². The fraction of sp³-hybridized carbons (Fsp3) is 0.286. The summed E-state index contributed by atoms with van der Waals surface area (Å²) in [4.78, 5) is 27.2. The van der Waals surface area contributed by atoms with E-state index in [0.29, 0.717) is 35.7 Å². The number of nitrogens with zero attached hydrogens (tertiary/aromatic N) is 4. The van der Waals surface area contributed by atoms with Gasteiger partial charge in [0.1, 0.15) is 11.6 Å². The second kappa shape index (κ2) is 11.8. The number of hydrogen-bond donors (Lipinski definition) is 1. The van der Waals surface area contributed by atoms with E-state index in [0.717, 1.165) is 18.2 Å². The number of rotatable bonds is 7. The predicted molar refractivity (Wildman–Crippen MR) is 151 cm³/mol. The van der Waals surface area contributed by atoms with Crippen LogP contribution in [0.1, 0.15) is 29.9 Å². The molecule has 0 radical (unpaired) electrons. The first kappa shape index (κ1) is 29.7. The van der Waals surface area contributed by atoms with Crippen molar-refractivity contribution in [3.63, 3.8) is 0 Å². The maximum absolute atomic E-state index is 15.8. The Kier molecular flexibility index (Phi) is 8.35. The fourth-order valence-corrected chi connectivity index (χ4v) is 5.84. The molecule has 0 saturated carbocycles. The molecule has 5 rings (SSSR count). The maximum Gasteiger partial charge on any atom is 0.341 e. The Labute approximate surface area is 244 Å². The lowest BCUT2D eigenvalue weighted by atomic mass is 10.0. The zero-order valence-corrected chi connectivity index (χ0v) is 24.0. The number of fused-ring (bicyclic) bond motifs is 1. The van der Waals surface area contributed by atoms with Crippen LogP contribution in [0.25, 0.3) is 22.0 Å². The van der Waals surface area contributed by atoms with Gasteiger partial charge in [-0.05, 0) is 44.2 Å². The van der Waals surface area contributed by atoms with Crippen LogP contribution in [0.2, 0.25) is 5.02 Å². The zero-order chi connectivity index (χ0) is 30.2. The number of carbonyl (C=O) groups is 1. The van der Waals surface area contributed by atoms with Gasteiger partial charge in [0, 0.05) is 46.2 Å². The van der Waals surface area contributed by atoms with E-state index >= 15 is 4.39 Å². The molecule has 1 N–H and O–H groups in total. The molecule has 1 fully saturated rings. The number of alkyl halides is 2. The third kappa shape index (κ3) is 6.18. The average molecular weight is 620 g/mol. The highest BCUT2D eigenvalue weighted by atomic mass is 35.5. The lowest BCUT2D eigenvalue weighted by Crippen LogP contribution is -2.45. The van der Waals surface area contributed by atoms with Crippen molar-refractivity contribution < 1.29 is 31.1 Å². The summed E-state index contributed by atoms with van der Waals surface area (Å²) >= 11 is 5.88. The molecule has 3 heterocycles. The molecule has 2 aromatic carbocycles. The second-order valence-corrected chi connectivity index (χ2v) is 12.3. The van der Waals surface area contributed by atoms with E-state index < -0.39 is 32.2 Å². The van der Waals surface area contributed by atoms with E-state index in [1.807, 2.05) is 18.7 Å². The van der Waals surface area contributed by atoms with Crippen molar-refractivity contribution in [1.82, 2.24) is 20.3 Å². The Bertz CT molecular complexity index is 1770. The molecule has 0 unspecified atom stereocenters. The number of morpholine rings is 1. The number of ether oxygens (including phenoxy) is 1. The molecule has 2 atom stereocenters. The monoisotopic (exact) mass is 619 g/mol. The molecule has 1 saturated heterocycles. The van der Waals surface area contributed by atoms with Crippen LogP contribution in [-0.4, -0.2) is 60.3 Å². The van der Waals surface area contributed by atoms with Crippen LogP contribution in [0.15, 0.2) is 59.9 Å². The SMILES string of the molecule is C[C@@H]1CN(c2cncc(-c3ccc4cnc(CNC(=O)c5cc(Cl)cc(S(=O)(=O)C(F)F)c5)cc4c3F)n2)C[C@H](C)O1. The molecule has 0 bridgehead atoms. The van der Waals surface area contributed by atoms with Crippen LogP contribution in [0.4, 0.5) is 19.0 Å². The zero-order valence-electron chi connectivity index (χ0n) is 22.4. The summed E-state index contributed by atoms with van der Waals surface area (Å²) in [6.07, 6.45) is 4.58. The Balaban J connectivity index is 1.38. The summed E-state index contributed by atoms with van der Waals surface area (Å²) < 4.78 is 71.2. The Morgan fingerprint density at radius 1 is 1.12 bits per heavy atom. The standard InChI is InChI=1S/C28H25ClF3N5O4S/c1-15-13-37(14-16(2)41-15)25-12-33-11-24(36-25)22-4-3-17-9-34-20(8-23(17)26(22)30)10-35-27(38)18-5-19(29)7-21(6-18)42(39,40)28(31)32/h3-9,11-12,15-16,28H,10,13-14H2,1-2H3,(H,35,38)/t15-,16+. The molecular formula is C28H25ClF3N5O4S. The molecular weight excluding hydrogens is 595 g/mol. The number of aromatic nitrogens is 3. The number of sulfone groups is 1. The van der Waals surface area contributed by atoms with Gasteiger partial charge >= 0.3 is 5.76 Å². The molecule has 14 heteroatoms. The van der Waals surface area contributed by atoms with E-state index in [2.05, 4.69) is 20.3 Å². The van der Waals surface area contributed by atoms with Gasteiger partial charge in [0.25, 0.3) is 5.91 Å². The van der Waals surface area contributed by atoms with Gasteiger partial charge in [-0.25, -0.2) is 17.8 Å². The Morgan fingerprint density at radius 2 is 1.86 bits per heavy atom. The van der Waals surface area contributed by atoms with Gasteiger partial charge in [-0.3, -0.25) is 14.8 Å². The van der Waals surface area contributed by atoms with Gasteiger partial charge in [-0.1, -0.05) is 17.7 Å². The number of benzene rings is 2. The highest BCUT2D eigenvalue weighted by Gasteiger charge is 2.28. The first-order valence-corrected chi connectivity index (χ1v) is 14.8. The molecule has 1 aliphatic rings. The van der Waals surface area contributed by atoms with Gasteiger partial charge in [-0.15, -0.1) is 0 Å². The van der Waals surface area contributed by atoms with Crippen molar-refractivity contribution in [2.75, 3.05) is 18.0 Å². The second-order valence-electron chi connectivity index (χ2n) is 9.91. The molecule has 1 amide bonds. The van der Waals surface area contributed by atoms with E-state index in [4.69, 9.17) is 16.3 Å². The molecule has 0 spiro atoms. The lowest BCUT2D eigenvalue weighted by Gasteiger charge is -2.36. The minimum absolute atomic E-state index is 0.00892. The average Bonchev–Trinajstić information content (AvgIpc) is 2.95. The van der Waals surface area contributed by atoms with Crippen LogP contribution in [0.5, 0.6) is 0 Å². The van der Waals surface area contributed by atoms with Crippen LogP contribution >= 0.6 is 11.6 Å². The molecule has 2 aromatic heterocycles. The molecule has 4 aromatic rings. The molecule has 220 valence electrons. The third-order valence-corrected chi connectivity index (χ3v) is 8.24. The summed E-state index contributed by atoms with van der Waals surface area (Å²) in [5.74, 6) is -4.39. The molecule has 9 nitrogen and oxygen atoms in total. The van der Waals surface area contributed by atoms with Crippen LogP contribution in [-0.2, 0) is 21.1 Å². The number of amides is 1. The highest BCUT2D eigenvalue weighted by molar-refractivity contribution is 7.91. The van der Waals surface area contributed by atoms with E-state index in [1.54, 1.807) is 18.3 Å². The summed E-state index contributed by atoms with van der Waals surface area (Å²) in [7, 11) is -4.96. The number of anilines is 1. The number of halogens is 4. The van der Waals surface area contributed by atoms with Crippen molar-refractivity contribution >= 4 is 43.9 Å². The van der Waals surface area contributed by atoms with Crippen molar-refractivity contribution in [3.8, 4) is 11.3 Å². The Hall–Kier alpha value is -3.81. The summed E-state index contributed by atoms with van der Waals surface area (Å²) in [6.45, 7) is 5.04. The van der Waals surface area contributed by atoms with Gasteiger partial charge in [0.05, 0.1) is 47.4 Å². The summed E-state index contributed by atoms with van der Waals surface area (Å²) in [5, 5.41) is 3.08. The Morgan fingerprint density at radius 3 is 2.57 bits per heavy atom. The smallest absolute Gasteiger partial charge is 0.341 e. The highest BCUT2D eigenvalue weighted by Crippen LogP contribution is 2.30.